The van der Waals surface area contributed by atoms with E-state index in [0.717, 1.165) is 0 Å². The molecule has 1 atom stereocenters. The highest BCUT2D eigenvalue weighted by atomic mass is 19.1. The standard InChI is InChI=1S/C21H15FN4O2/c1-26-19(27)21(25-20(26)23)14-6-2-3-7-17(14)28-18-10-16(22)13(9-15(18)21)12-5-4-8-24-11-12/h2-11H,1H3,(H2,23,25). The third-order valence-corrected chi connectivity index (χ3v) is 5.17. The molecule has 0 radical (unpaired) electrons. The normalized spacial score (nSPS) is 19.9. The Balaban J connectivity index is 1.84. The number of hydrogen-bond donors (Lipinski definition) is 1. The number of hydrogen-bond acceptors (Lipinski definition) is 5. The van der Waals surface area contributed by atoms with Gasteiger partial charge in [0.05, 0.1) is 0 Å². The van der Waals surface area contributed by atoms with Crippen LogP contribution in [0.3, 0.4) is 0 Å². The Labute approximate surface area is 160 Å². The zero-order chi connectivity index (χ0) is 19.5. The predicted molar refractivity (Wildman–Crippen MR) is 101 cm³/mol. The van der Waals surface area contributed by atoms with E-state index in [2.05, 4.69) is 9.98 Å². The number of rotatable bonds is 1. The minimum Gasteiger partial charge on any atom is -0.456 e. The van der Waals surface area contributed by atoms with Crippen LogP contribution >= 0.6 is 0 Å². The van der Waals surface area contributed by atoms with E-state index >= 15 is 0 Å². The molecule has 28 heavy (non-hydrogen) atoms. The Hall–Kier alpha value is -3.74. The minimum absolute atomic E-state index is 0.0971. The van der Waals surface area contributed by atoms with Gasteiger partial charge < -0.3 is 10.5 Å². The highest BCUT2D eigenvalue weighted by molar-refractivity contribution is 6.10. The van der Waals surface area contributed by atoms with E-state index in [1.807, 2.05) is 0 Å². The maximum atomic E-state index is 14.9. The molecule has 1 amide bonds. The van der Waals surface area contributed by atoms with Gasteiger partial charge in [0.1, 0.15) is 17.3 Å². The van der Waals surface area contributed by atoms with Crippen LogP contribution in [-0.2, 0) is 10.3 Å². The quantitative estimate of drug-likeness (QED) is 0.710. The number of ether oxygens (including phenoxy) is 1. The summed E-state index contributed by atoms with van der Waals surface area (Å²) in [6.45, 7) is 0. The summed E-state index contributed by atoms with van der Waals surface area (Å²) in [7, 11) is 1.57. The van der Waals surface area contributed by atoms with E-state index in [9.17, 15) is 9.18 Å². The lowest BCUT2D eigenvalue weighted by Crippen LogP contribution is -2.42. The second-order valence-corrected chi connectivity index (χ2v) is 6.71. The molecule has 1 aromatic heterocycles. The van der Waals surface area contributed by atoms with Crippen molar-refractivity contribution in [3.8, 4) is 22.6 Å². The van der Waals surface area contributed by atoms with Crippen molar-refractivity contribution in [2.24, 2.45) is 10.7 Å². The molecule has 0 bridgehead atoms. The lowest BCUT2D eigenvalue weighted by molar-refractivity contribution is -0.129. The molecular weight excluding hydrogens is 359 g/mol. The molecule has 0 fully saturated rings. The number of pyridine rings is 1. The van der Waals surface area contributed by atoms with Crippen LogP contribution in [0.5, 0.6) is 11.5 Å². The fourth-order valence-electron chi connectivity index (χ4n) is 3.78. The Kier molecular flexibility index (Phi) is 3.30. The van der Waals surface area contributed by atoms with E-state index in [4.69, 9.17) is 10.5 Å². The SMILES string of the molecule is CN1C(=O)C2(N=C1N)c1ccccc1Oc1cc(F)c(-c3cccnc3)cc12. The van der Waals surface area contributed by atoms with E-state index < -0.39 is 11.4 Å². The van der Waals surface area contributed by atoms with Gasteiger partial charge >= 0.3 is 0 Å². The summed E-state index contributed by atoms with van der Waals surface area (Å²) < 4.78 is 20.8. The van der Waals surface area contributed by atoms with Gasteiger partial charge in [-0.1, -0.05) is 24.3 Å². The first-order chi connectivity index (χ1) is 13.5. The Morgan fingerprint density at radius 2 is 1.93 bits per heavy atom. The number of carbonyl (C=O) groups excluding carboxylic acids is 1. The lowest BCUT2D eigenvalue weighted by atomic mass is 9.79. The number of likely N-dealkylation sites (N-methyl/N-ethyl adjacent to an activating group) is 1. The van der Waals surface area contributed by atoms with Crippen LogP contribution in [0.15, 0.2) is 65.9 Å². The molecule has 0 aliphatic carbocycles. The van der Waals surface area contributed by atoms with Crippen LogP contribution < -0.4 is 10.5 Å². The molecule has 3 aromatic rings. The van der Waals surface area contributed by atoms with Crippen molar-refractivity contribution in [3.63, 3.8) is 0 Å². The Morgan fingerprint density at radius 3 is 2.64 bits per heavy atom. The molecule has 1 spiro atoms. The van der Waals surface area contributed by atoms with Crippen LogP contribution in [0.4, 0.5) is 4.39 Å². The molecule has 1 unspecified atom stereocenters. The first kappa shape index (κ1) is 16.4. The number of aromatic nitrogens is 1. The number of halogens is 1. The highest BCUT2D eigenvalue weighted by Crippen LogP contribution is 2.52. The van der Waals surface area contributed by atoms with Crippen molar-refractivity contribution >= 4 is 11.9 Å². The summed E-state index contributed by atoms with van der Waals surface area (Å²) in [5.74, 6) is -0.00421. The van der Waals surface area contributed by atoms with Gasteiger partial charge in [0.25, 0.3) is 5.91 Å². The number of benzene rings is 2. The monoisotopic (exact) mass is 374 g/mol. The zero-order valence-electron chi connectivity index (χ0n) is 14.9. The van der Waals surface area contributed by atoms with Gasteiger partial charge in [-0.3, -0.25) is 14.7 Å². The number of amides is 1. The molecule has 0 saturated heterocycles. The fraction of sp³-hybridized carbons (Fsp3) is 0.0952. The molecule has 138 valence electrons. The van der Waals surface area contributed by atoms with E-state index in [1.165, 1.54) is 11.0 Å². The summed E-state index contributed by atoms with van der Waals surface area (Å²) in [6, 6.07) is 13.5. The summed E-state index contributed by atoms with van der Waals surface area (Å²) in [4.78, 5) is 23.2. The van der Waals surface area contributed by atoms with Crippen LogP contribution in [0.2, 0.25) is 0 Å². The van der Waals surface area contributed by atoms with Crippen molar-refractivity contribution in [2.75, 3.05) is 7.05 Å². The average molecular weight is 374 g/mol. The smallest absolute Gasteiger partial charge is 0.266 e. The molecule has 2 aromatic carbocycles. The largest absolute Gasteiger partial charge is 0.456 e. The zero-order valence-corrected chi connectivity index (χ0v) is 14.9. The summed E-state index contributed by atoms with van der Waals surface area (Å²) in [5, 5.41) is 0. The fourth-order valence-corrected chi connectivity index (χ4v) is 3.78. The third kappa shape index (κ3) is 2.04. The van der Waals surface area contributed by atoms with Crippen molar-refractivity contribution in [2.45, 2.75) is 5.54 Å². The first-order valence-corrected chi connectivity index (χ1v) is 8.67. The second-order valence-electron chi connectivity index (χ2n) is 6.71. The lowest BCUT2D eigenvalue weighted by Gasteiger charge is -2.33. The van der Waals surface area contributed by atoms with Crippen LogP contribution in [0, 0.1) is 5.82 Å². The molecule has 7 heteroatoms. The topological polar surface area (TPSA) is 80.8 Å². The number of aliphatic imine (C=N–C) groups is 1. The molecule has 0 saturated carbocycles. The van der Waals surface area contributed by atoms with Gasteiger partial charge in [-0.2, -0.15) is 0 Å². The maximum absolute atomic E-state index is 14.9. The van der Waals surface area contributed by atoms with Crippen molar-refractivity contribution in [1.29, 1.82) is 0 Å². The first-order valence-electron chi connectivity index (χ1n) is 8.67. The number of guanidine groups is 1. The number of fused-ring (bicyclic) bond motifs is 4. The number of carbonyl (C=O) groups is 1. The summed E-state index contributed by atoms with van der Waals surface area (Å²) in [6.07, 6.45) is 3.18. The molecule has 2 aliphatic heterocycles. The minimum atomic E-state index is -1.41. The third-order valence-electron chi connectivity index (χ3n) is 5.17. The Morgan fingerprint density at radius 1 is 1.11 bits per heavy atom. The van der Waals surface area contributed by atoms with Crippen LogP contribution in [0.25, 0.3) is 11.1 Å². The average Bonchev–Trinajstić information content (AvgIpc) is 2.93. The summed E-state index contributed by atoms with van der Waals surface area (Å²) >= 11 is 0. The number of para-hydroxylation sites is 1. The van der Waals surface area contributed by atoms with Gasteiger partial charge in [-0.25, -0.2) is 9.38 Å². The second kappa shape index (κ2) is 5.63. The number of nitrogens with two attached hydrogens (primary N) is 1. The molecule has 3 heterocycles. The van der Waals surface area contributed by atoms with Crippen molar-refractivity contribution in [3.05, 3.63) is 77.9 Å². The maximum Gasteiger partial charge on any atom is 0.266 e. The van der Waals surface area contributed by atoms with Gasteiger partial charge in [0.15, 0.2) is 5.96 Å². The van der Waals surface area contributed by atoms with Gasteiger partial charge in [-0.05, 0) is 18.2 Å². The molecule has 6 nitrogen and oxygen atoms in total. The summed E-state index contributed by atoms with van der Waals surface area (Å²) in [5.41, 5.74) is 6.51. The van der Waals surface area contributed by atoms with Gasteiger partial charge in [0.2, 0.25) is 5.54 Å². The van der Waals surface area contributed by atoms with E-state index in [0.29, 0.717) is 28.0 Å². The van der Waals surface area contributed by atoms with Gasteiger partial charge in [0, 0.05) is 47.8 Å². The van der Waals surface area contributed by atoms with Crippen LogP contribution in [0.1, 0.15) is 11.1 Å². The van der Waals surface area contributed by atoms with Crippen molar-refractivity contribution < 1.29 is 13.9 Å². The van der Waals surface area contributed by atoms with E-state index in [1.54, 1.807) is 61.9 Å². The molecule has 2 aliphatic rings. The molecular formula is C21H15FN4O2. The van der Waals surface area contributed by atoms with Crippen molar-refractivity contribution in [1.82, 2.24) is 9.88 Å². The van der Waals surface area contributed by atoms with Crippen LogP contribution in [-0.4, -0.2) is 28.8 Å². The van der Waals surface area contributed by atoms with Gasteiger partial charge in [-0.15, -0.1) is 0 Å². The molecule has 5 rings (SSSR count). The van der Waals surface area contributed by atoms with E-state index in [-0.39, 0.29) is 17.6 Å². The molecule has 2 N–H and O–H groups in total. The number of nitrogens with zero attached hydrogens (tertiary/aromatic N) is 3. The Bertz CT molecular complexity index is 1160. The predicted octanol–water partition coefficient (Wildman–Crippen LogP) is 3.02. The highest BCUT2D eigenvalue weighted by Gasteiger charge is 2.54.